The molecule has 2 rings (SSSR count). The van der Waals surface area contributed by atoms with Crippen LogP contribution in [0.2, 0.25) is 0 Å². The second-order valence-corrected chi connectivity index (χ2v) is 7.02. The fourth-order valence-electron chi connectivity index (χ4n) is 1.97. The first-order valence-electron chi connectivity index (χ1n) is 7.33. The van der Waals surface area contributed by atoms with Crippen LogP contribution < -0.4 is 4.72 Å². The Morgan fingerprint density at radius 3 is 2.57 bits per heavy atom. The van der Waals surface area contributed by atoms with Gasteiger partial charge in [-0.1, -0.05) is 6.92 Å². The molecule has 0 bridgehead atoms. The summed E-state index contributed by atoms with van der Waals surface area (Å²) in [6, 6.07) is 5.18. The standard InChI is InChI=1S/C15H19NO6S/c1-3-10(2)16-23(19,20)12-6-4-11(5-7-12)14(17)22-13-8-9-21-15(13)18/h4-7,10,13,16H,3,8-9H2,1-2H3/t10-,13-/m0/s1. The molecule has 0 spiro atoms. The molecule has 1 aromatic carbocycles. The average molecular weight is 341 g/mol. The third-order valence-electron chi connectivity index (χ3n) is 3.51. The van der Waals surface area contributed by atoms with Crippen LogP contribution in [0.4, 0.5) is 0 Å². The van der Waals surface area contributed by atoms with Crippen LogP contribution in [0.25, 0.3) is 0 Å². The van der Waals surface area contributed by atoms with Gasteiger partial charge in [-0.05, 0) is 37.6 Å². The van der Waals surface area contributed by atoms with Crippen LogP contribution >= 0.6 is 0 Å². The van der Waals surface area contributed by atoms with E-state index in [0.717, 1.165) is 0 Å². The van der Waals surface area contributed by atoms with Gasteiger partial charge in [0.15, 0.2) is 0 Å². The molecular formula is C15H19NO6S. The van der Waals surface area contributed by atoms with Gasteiger partial charge in [0.2, 0.25) is 16.1 Å². The first-order chi connectivity index (χ1) is 10.8. The zero-order valence-electron chi connectivity index (χ0n) is 12.9. The Balaban J connectivity index is 2.07. The van der Waals surface area contributed by atoms with E-state index in [1.54, 1.807) is 6.92 Å². The van der Waals surface area contributed by atoms with Crippen molar-refractivity contribution in [2.75, 3.05) is 6.61 Å². The topological polar surface area (TPSA) is 98.8 Å². The van der Waals surface area contributed by atoms with Gasteiger partial charge in [0, 0.05) is 12.5 Å². The van der Waals surface area contributed by atoms with Crippen LogP contribution in [0.15, 0.2) is 29.2 Å². The minimum absolute atomic E-state index is 0.0645. The van der Waals surface area contributed by atoms with Gasteiger partial charge in [-0.15, -0.1) is 0 Å². The fraction of sp³-hybridized carbons (Fsp3) is 0.467. The highest BCUT2D eigenvalue weighted by molar-refractivity contribution is 7.89. The van der Waals surface area contributed by atoms with E-state index >= 15 is 0 Å². The number of ether oxygens (including phenoxy) is 2. The van der Waals surface area contributed by atoms with E-state index in [0.29, 0.717) is 12.8 Å². The van der Waals surface area contributed by atoms with Gasteiger partial charge in [-0.3, -0.25) is 0 Å². The molecule has 0 aromatic heterocycles. The van der Waals surface area contributed by atoms with Gasteiger partial charge in [0.25, 0.3) is 0 Å². The SMILES string of the molecule is CC[C@H](C)NS(=O)(=O)c1ccc(C(=O)O[C@H]2CCOC2=O)cc1. The fourth-order valence-corrected chi connectivity index (χ4v) is 3.29. The Morgan fingerprint density at radius 2 is 2.04 bits per heavy atom. The molecule has 1 heterocycles. The first kappa shape index (κ1) is 17.4. The van der Waals surface area contributed by atoms with Crippen LogP contribution in [0, 0.1) is 0 Å². The molecule has 1 N–H and O–H groups in total. The third-order valence-corrected chi connectivity index (χ3v) is 5.11. The Labute approximate surface area is 135 Å². The highest BCUT2D eigenvalue weighted by Gasteiger charge is 2.30. The normalized spacial score (nSPS) is 19.2. The minimum Gasteiger partial charge on any atom is -0.463 e. The molecule has 1 aliphatic heterocycles. The quantitative estimate of drug-likeness (QED) is 0.782. The molecule has 0 saturated carbocycles. The van der Waals surface area contributed by atoms with Crippen molar-refractivity contribution in [3.8, 4) is 0 Å². The number of nitrogens with one attached hydrogen (secondary N) is 1. The van der Waals surface area contributed by atoms with Crippen LogP contribution in [0.1, 0.15) is 37.0 Å². The molecule has 1 fully saturated rings. The third kappa shape index (κ3) is 4.29. The molecule has 1 aliphatic rings. The second kappa shape index (κ2) is 7.10. The number of esters is 2. The Hall–Kier alpha value is -1.93. The predicted octanol–water partition coefficient (Wildman–Crippen LogP) is 1.24. The number of carbonyl (C=O) groups is 2. The molecule has 0 unspecified atom stereocenters. The Kier molecular flexibility index (Phi) is 5.38. The number of sulfonamides is 1. The summed E-state index contributed by atoms with van der Waals surface area (Å²) in [7, 11) is -3.62. The van der Waals surface area contributed by atoms with Crippen LogP contribution in [-0.2, 0) is 24.3 Å². The summed E-state index contributed by atoms with van der Waals surface area (Å²) < 4.78 is 36.5. The van der Waals surface area contributed by atoms with Gasteiger partial charge >= 0.3 is 11.9 Å². The van der Waals surface area contributed by atoms with Crippen LogP contribution in [0.5, 0.6) is 0 Å². The molecule has 7 nitrogen and oxygen atoms in total. The lowest BCUT2D eigenvalue weighted by atomic mass is 10.2. The van der Waals surface area contributed by atoms with Crippen molar-refractivity contribution in [2.24, 2.45) is 0 Å². The zero-order valence-corrected chi connectivity index (χ0v) is 13.8. The number of rotatable bonds is 6. The van der Waals surface area contributed by atoms with Crippen molar-refractivity contribution in [3.05, 3.63) is 29.8 Å². The number of cyclic esters (lactones) is 1. The number of hydrogen-bond acceptors (Lipinski definition) is 6. The molecule has 8 heteroatoms. The lowest BCUT2D eigenvalue weighted by Crippen LogP contribution is -2.32. The smallest absolute Gasteiger partial charge is 0.347 e. The molecule has 0 aliphatic carbocycles. The van der Waals surface area contributed by atoms with E-state index in [4.69, 9.17) is 9.47 Å². The minimum atomic E-state index is -3.62. The lowest BCUT2D eigenvalue weighted by Gasteiger charge is -2.12. The second-order valence-electron chi connectivity index (χ2n) is 5.31. The van der Waals surface area contributed by atoms with Gasteiger partial charge in [-0.25, -0.2) is 22.7 Å². The summed E-state index contributed by atoms with van der Waals surface area (Å²) in [5.41, 5.74) is 0.173. The molecule has 23 heavy (non-hydrogen) atoms. The lowest BCUT2D eigenvalue weighted by molar-refractivity contribution is -0.145. The maximum Gasteiger partial charge on any atom is 0.347 e. The van der Waals surface area contributed by atoms with Gasteiger partial charge in [-0.2, -0.15) is 0 Å². The molecule has 1 saturated heterocycles. The van der Waals surface area contributed by atoms with Crippen molar-refractivity contribution >= 4 is 22.0 Å². The van der Waals surface area contributed by atoms with E-state index in [1.165, 1.54) is 24.3 Å². The van der Waals surface area contributed by atoms with Crippen molar-refractivity contribution in [3.63, 3.8) is 0 Å². The van der Waals surface area contributed by atoms with E-state index in [9.17, 15) is 18.0 Å². The maximum atomic E-state index is 12.1. The summed E-state index contributed by atoms with van der Waals surface area (Å²) in [5, 5.41) is 0. The molecule has 0 radical (unpaired) electrons. The van der Waals surface area contributed by atoms with Crippen LogP contribution in [-0.4, -0.2) is 39.1 Å². The molecular weight excluding hydrogens is 322 g/mol. The molecule has 126 valence electrons. The summed E-state index contributed by atoms with van der Waals surface area (Å²) in [5.74, 6) is -1.25. The van der Waals surface area contributed by atoms with Crippen molar-refractivity contribution in [1.82, 2.24) is 4.72 Å². The number of carbonyl (C=O) groups excluding carboxylic acids is 2. The van der Waals surface area contributed by atoms with Crippen LogP contribution in [0.3, 0.4) is 0 Å². The van der Waals surface area contributed by atoms with E-state index in [1.807, 2.05) is 6.92 Å². The van der Waals surface area contributed by atoms with E-state index < -0.39 is 28.1 Å². The summed E-state index contributed by atoms with van der Waals surface area (Å²) in [4.78, 5) is 23.3. The molecule has 0 amide bonds. The average Bonchev–Trinajstić information content (AvgIpc) is 2.92. The van der Waals surface area contributed by atoms with Crippen molar-refractivity contribution < 1.29 is 27.5 Å². The maximum absolute atomic E-state index is 12.1. The number of benzene rings is 1. The largest absolute Gasteiger partial charge is 0.463 e. The Bertz CT molecular complexity index is 682. The molecule has 2 atom stereocenters. The van der Waals surface area contributed by atoms with Crippen molar-refractivity contribution in [1.29, 1.82) is 0 Å². The summed E-state index contributed by atoms with van der Waals surface area (Å²) in [6.45, 7) is 3.87. The van der Waals surface area contributed by atoms with E-state index in [-0.39, 0.29) is 23.1 Å². The highest BCUT2D eigenvalue weighted by atomic mass is 32.2. The summed E-state index contributed by atoms with van der Waals surface area (Å²) >= 11 is 0. The number of hydrogen-bond donors (Lipinski definition) is 1. The first-order valence-corrected chi connectivity index (χ1v) is 8.82. The predicted molar refractivity (Wildman–Crippen MR) is 81.3 cm³/mol. The zero-order chi connectivity index (χ0) is 17.0. The van der Waals surface area contributed by atoms with E-state index in [2.05, 4.69) is 4.72 Å². The molecule has 1 aromatic rings. The van der Waals surface area contributed by atoms with Crippen molar-refractivity contribution in [2.45, 2.75) is 43.7 Å². The Morgan fingerprint density at radius 1 is 1.39 bits per heavy atom. The monoisotopic (exact) mass is 341 g/mol. The van der Waals surface area contributed by atoms with Gasteiger partial charge in [0.1, 0.15) is 0 Å². The highest BCUT2D eigenvalue weighted by Crippen LogP contribution is 2.16. The summed E-state index contributed by atoms with van der Waals surface area (Å²) in [6.07, 6.45) is 0.106. The van der Waals surface area contributed by atoms with Gasteiger partial charge in [0.05, 0.1) is 17.1 Å². The van der Waals surface area contributed by atoms with Gasteiger partial charge < -0.3 is 9.47 Å².